The number of rotatable bonds is 11. The van der Waals surface area contributed by atoms with Gasteiger partial charge in [0.1, 0.15) is 12.6 Å². The van der Waals surface area contributed by atoms with Gasteiger partial charge >= 0.3 is 0 Å². The van der Waals surface area contributed by atoms with E-state index in [0.717, 1.165) is 16.3 Å². The van der Waals surface area contributed by atoms with Crippen molar-refractivity contribution in [2.24, 2.45) is 0 Å². The Kier molecular flexibility index (Phi) is 9.97. The van der Waals surface area contributed by atoms with Crippen molar-refractivity contribution in [1.29, 1.82) is 0 Å². The standard InChI is InChI=1S/C27H29Cl2N3O4S/c1-3-17-30-27(34)20(2)31(18-21-11-6-4-7-12-21)25(33)19-32(24-16-10-15-23(28)26(24)29)37(35,36)22-13-8-5-9-14-22/h4-16,20H,3,17-19H2,1-2H3,(H,30,34)/t20-/m0/s1. The van der Waals surface area contributed by atoms with E-state index >= 15 is 0 Å². The second kappa shape index (κ2) is 12.9. The smallest absolute Gasteiger partial charge is 0.264 e. The number of amides is 2. The summed E-state index contributed by atoms with van der Waals surface area (Å²) in [6, 6.07) is 20.7. The zero-order valence-electron chi connectivity index (χ0n) is 20.6. The van der Waals surface area contributed by atoms with Crippen molar-refractivity contribution < 1.29 is 18.0 Å². The lowest BCUT2D eigenvalue weighted by atomic mass is 10.1. The number of carbonyl (C=O) groups excluding carboxylic acids is 2. The second-order valence-electron chi connectivity index (χ2n) is 8.37. The van der Waals surface area contributed by atoms with Crippen molar-refractivity contribution in [3.8, 4) is 0 Å². The first kappa shape index (κ1) is 28.5. The molecule has 2 amide bonds. The fraction of sp³-hybridized carbons (Fsp3) is 0.259. The van der Waals surface area contributed by atoms with E-state index in [-0.39, 0.29) is 33.1 Å². The Hall–Kier alpha value is -3.07. The Labute approximate surface area is 228 Å². The zero-order chi connectivity index (χ0) is 27.0. The lowest BCUT2D eigenvalue weighted by molar-refractivity contribution is -0.139. The van der Waals surface area contributed by atoms with Gasteiger partial charge in [0.25, 0.3) is 10.0 Å². The minimum Gasteiger partial charge on any atom is -0.354 e. The van der Waals surface area contributed by atoms with Gasteiger partial charge in [0.15, 0.2) is 0 Å². The van der Waals surface area contributed by atoms with Crippen LogP contribution in [0.1, 0.15) is 25.8 Å². The van der Waals surface area contributed by atoms with E-state index in [0.29, 0.717) is 6.54 Å². The lowest BCUT2D eigenvalue weighted by Crippen LogP contribution is -2.51. The lowest BCUT2D eigenvalue weighted by Gasteiger charge is -2.32. The summed E-state index contributed by atoms with van der Waals surface area (Å²) in [5.41, 5.74) is 0.860. The van der Waals surface area contributed by atoms with Gasteiger partial charge in [-0.2, -0.15) is 0 Å². The van der Waals surface area contributed by atoms with Crippen LogP contribution in [-0.2, 0) is 26.2 Å². The summed E-state index contributed by atoms with van der Waals surface area (Å²) in [5.74, 6) is -0.900. The predicted molar refractivity (Wildman–Crippen MR) is 147 cm³/mol. The number of carbonyl (C=O) groups is 2. The summed E-state index contributed by atoms with van der Waals surface area (Å²) in [4.78, 5) is 28.0. The molecule has 3 aromatic carbocycles. The highest BCUT2D eigenvalue weighted by molar-refractivity contribution is 7.92. The Morgan fingerprint density at radius 3 is 2.16 bits per heavy atom. The van der Waals surface area contributed by atoms with Gasteiger partial charge in [-0.1, -0.05) is 84.7 Å². The molecular weight excluding hydrogens is 533 g/mol. The maximum atomic E-state index is 13.8. The van der Waals surface area contributed by atoms with E-state index in [4.69, 9.17) is 23.2 Å². The van der Waals surface area contributed by atoms with Gasteiger partial charge in [-0.3, -0.25) is 13.9 Å². The maximum Gasteiger partial charge on any atom is 0.264 e. The number of hydrogen-bond acceptors (Lipinski definition) is 4. The molecule has 0 spiro atoms. The first-order valence-corrected chi connectivity index (χ1v) is 14.0. The van der Waals surface area contributed by atoms with Crippen LogP contribution in [0.4, 0.5) is 5.69 Å². The molecular formula is C27H29Cl2N3O4S. The van der Waals surface area contributed by atoms with Crippen LogP contribution in [0.15, 0.2) is 83.8 Å². The number of nitrogens with one attached hydrogen (secondary N) is 1. The zero-order valence-corrected chi connectivity index (χ0v) is 22.9. The average molecular weight is 563 g/mol. The molecule has 0 aliphatic heterocycles. The van der Waals surface area contributed by atoms with E-state index in [1.54, 1.807) is 31.2 Å². The maximum absolute atomic E-state index is 13.8. The molecule has 0 aliphatic rings. The van der Waals surface area contributed by atoms with Gasteiger partial charge in [-0.25, -0.2) is 8.42 Å². The molecule has 0 radical (unpaired) electrons. The third-order valence-corrected chi connectivity index (χ3v) is 8.31. The highest BCUT2D eigenvalue weighted by Gasteiger charge is 2.33. The minimum absolute atomic E-state index is 0.000167. The molecule has 0 aliphatic carbocycles. The fourth-order valence-electron chi connectivity index (χ4n) is 3.68. The van der Waals surface area contributed by atoms with Crippen molar-refractivity contribution in [3.63, 3.8) is 0 Å². The molecule has 0 bridgehead atoms. The quantitative estimate of drug-likeness (QED) is 0.351. The van der Waals surface area contributed by atoms with Crippen LogP contribution >= 0.6 is 23.2 Å². The van der Waals surface area contributed by atoms with E-state index in [1.807, 2.05) is 37.3 Å². The fourth-order valence-corrected chi connectivity index (χ4v) is 5.57. The first-order chi connectivity index (χ1) is 17.7. The summed E-state index contributed by atoms with van der Waals surface area (Å²) >= 11 is 12.6. The van der Waals surface area contributed by atoms with E-state index in [1.165, 1.54) is 29.2 Å². The van der Waals surface area contributed by atoms with Gasteiger partial charge < -0.3 is 10.2 Å². The molecule has 0 heterocycles. The SMILES string of the molecule is CCCNC(=O)[C@H](C)N(Cc1ccccc1)C(=O)CN(c1cccc(Cl)c1Cl)S(=O)(=O)c1ccccc1. The van der Waals surface area contributed by atoms with E-state index in [2.05, 4.69) is 5.32 Å². The highest BCUT2D eigenvalue weighted by Crippen LogP contribution is 2.35. The van der Waals surface area contributed by atoms with Crippen molar-refractivity contribution in [2.45, 2.75) is 37.8 Å². The van der Waals surface area contributed by atoms with Gasteiger partial charge in [0, 0.05) is 13.1 Å². The molecule has 1 N–H and O–H groups in total. The van der Waals surface area contributed by atoms with Gasteiger partial charge in [-0.15, -0.1) is 0 Å². The molecule has 37 heavy (non-hydrogen) atoms. The number of nitrogens with zero attached hydrogens (tertiary/aromatic N) is 2. The minimum atomic E-state index is -4.21. The molecule has 0 unspecified atom stereocenters. The molecule has 0 fully saturated rings. The van der Waals surface area contributed by atoms with E-state index in [9.17, 15) is 18.0 Å². The molecule has 7 nitrogen and oxygen atoms in total. The van der Waals surface area contributed by atoms with E-state index < -0.39 is 28.5 Å². The van der Waals surface area contributed by atoms with Crippen LogP contribution in [-0.4, -0.2) is 44.3 Å². The van der Waals surface area contributed by atoms with Crippen molar-refractivity contribution in [3.05, 3.63) is 94.5 Å². The summed E-state index contributed by atoms with van der Waals surface area (Å²) < 4.78 is 28.4. The normalized spacial score (nSPS) is 12.0. The molecule has 196 valence electrons. The summed E-state index contributed by atoms with van der Waals surface area (Å²) in [6.07, 6.45) is 0.738. The van der Waals surface area contributed by atoms with Crippen LogP contribution in [0.5, 0.6) is 0 Å². The summed E-state index contributed by atoms with van der Waals surface area (Å²) in [5, 5.41) is 2.95. The van der Waals surface area contributed by atoms with Crippen molar-refractivity contribution >= 4 is 50.7 Å². The second-order valence-corrected chi connectivity index (χ2v) is 11.0. The molecule has 3 rings (SSSR count). The topological polar surface area (TPSA) is 86.8 Å². The molecule has 0 saturated heterocycles. The Bertz CT molecular complexity index is 1320. The average Bonchev–Trinajstić information content (AvgIpc) is 2.91. The largest absolute Gasteiger partial charge is 0.354 e. The molecule has 3 aromatic rings. The van der Waals surface area contributed by atoms with Crippen molar-refractivity contribution in [1.82, 2.24) is 10.2 Å². The number of sulfonamides is 1. The molecule has 10 heteroatoms. The highest BCUT2D eigenvalue weighted by atomic mass is 35.5. The summed E-state index contributed by atoms with van der Waals surface area (Å²) in [6.45, 7) is 3.54. The number of anilines is 1. The molecule has 1 atom stereocenters. The van der Waals surface area contributed by atoms with Crippen molar-refractivity contribution in [2.75, 3.05) is 17.4 Å². The Balaban J connectivity index is 2.04. The van der Waals surface area contributed by atoms with Crippen LogP contribution in [0.3, 0.4) is 0 Å². The van der Waals surface area contributed by atoms with Gasteiger partial charge in [0.05, 0.1) is 20.6 Å². The van der Waals surface area contributed by atoms with Gasteiger partial charge in [0.2, 0.25) is 11.8 Å². The number of benzene rings is 3. The predicted octanol–water partition coefficient (Wildman–Crippen LogP) is 5.13. The summed E-state index contributed by atoms with van der Waals surface area (Å²) in [7, 11) is -4.21. The number of halogens is 2. The van der Waals surface area contributed by atoms with Crippen LogP contribution in [0, 0.1) is 0 Å². The Morgan fingerprint density at radius 2 is 1.54 bits per heavy atom. The molecule has 0 aromatic heterocycles. The third kappa shape index (κ3) is 7.03. The first-order valence-electron chi connectivity index (χ1n) is 11.8. The number of hydrogen-bond donors (Lipinski definition) is 1. The van der Waals surface area contributed by atoms with Crippen LogP contribution in [0.2, 0.25) is 10.0 Å². The van der Waals surface area contributed by atoms with Gasteiger partial charge in [-0.05, 0) is 43.2 Å². The molecule has 0 saturated carbocycles. The Morgan fingerprint density at radius 1 is 0.919 bits per heavy atom. The van der Waals surface area contributed by atoms with Crippen LogP contribution < -0.4 is 9.62 Å². The van der Waals surface area contributed by atoms with Crippen LogP contribution in [0.25, 0.3) is 0 Å². The monoisotopic (exact) mass is 561 g/mol. The third-order valence-electron chi connectivity index (χ3n) is 5.72.